The monoisotopic (exact) mass is 346 g/mol. The highest BCUT2D eigenvalue weighted by Crippen LogP contribution is 2.38. The van der Waals surface area contributed by atoms with Crippen LogP contribution in [0.25, 0.3) is 0 Å². The topological polar surface area (TPSA) is 49.4 Å². The van der Waals surface area contributed by atoms with Crippen molar-refractivity contribution in [1.29, 1.82) is 0 Å². The number of rotatable bonds is 4. The van der Waals surface area contributed by atoms with E-state index < -0.39 is 0 Å². The molecule has 3 heterocycles. The Bertz CT molecular complexity index is 696. The first-order chi connectivity index (χ1) is 11.2. The number of thiophene rings is 2. The molecule has 0 radical (unpaired) electrons. The van der Waals surface area contributed by atoms with Gasteiger partial charge in [-0.1, -0.05) is 6.07 Å². The zero-order valence-corrected chi connectivity index (χ0v) is 14.2. The normalized spacial score (nSPS) is 25.7. The largest absolute Gasteiger partial charge is 0.348 e. The van der Waals surface area contributed by atoms with Crippen molar-refractivity contribution in [3.63, 3.8) is 0 Å². The van der Waals surface area contributed by atoms with Gasteiger partial charge in [-0.05, 0) is 52.6 Å². The lowest BCUT2D eigenvalue weighted by molar-refractivity contribution is -0.132. The first kappa shape index (κ1) is 14.9. The summed E-state index contributed by atoms with van der Waals surface area (Å²) in [6.07, 6.45) is 2.40. The number of hydrogen-bond donors (Lipinski definition) is 1. The molecule has 2 aliphatic rings. The molecule has 2 aromatic rings. The van der Waals surface area contributed by atoms with E-state index in [1.165, 1.54) is 11.3 Å². The van der Waals surface area contributed by atoms with E-state index in [9.17, 15) is 9.59 Å². The van der Waals surface area contributed by atoms with Gasteiger partial charge in [0.25, 0.3) is 5.91 Å². The minimum atomic E-state index is 0.0219. The average molecular weight is 346 g/mol. The third-order valence-corrected chi connectivity index (χ3v) is 6.46. The number of nitrogens with zero attached hydrogens (tertiary/aromatic N) is 1. The Morgan fingerprint density at radius 2 is 2.17 bits per heavy atom. The van der Waals surface area contributed by atoms with E-state index in [-0.39, 0.29) is 17.9 Å². The van der Waals surface area contributed by atoms with Crippen LogP contribution in [-0.2, 0) is 11.2 Å². The maximum Gasteiger partial charge on any atom is 0.261 e. The number of nitrogens with one attached hydrogen (secondary N) is 1. The molecule has 1 N–H and O–H groups in total. The summed E-state index contributed by atoms with van der Waals surface area (Å²) < 4.78 is 0. The van der Waals surface area contributed by atoms with Crippen LogP contribution < -0.4 is 5.32 Å². The van der Waals surface area contributed by atoms with Gasteiger partial charge in [0.2, 0.25) is 5.91 Å². The van der Waals surface area contributed by atoms with Crippen LogP contribution in [0.5, 0.6) is 0 Å². The van der Waals surface area contributed by atoms with Crippen LogP contribution in [0.3, 0.4) is 0 Å². The van der Waals surface area contributed by atoms with Gasteiger partial charge in [-0.2, -0.15) is 11.3 Å². The van der Waals surface area contributed by atoms with Gasteiger partial charge in [0, 0.05) is 18.6 Å². The van der Waals surface area contributed by atoms with Crippen molar-refractivity contribution in [2.24, 2.45) is 5.92 Å². The second-order valence-corrected chi connectivity index (χ2v) is 8.02. The maximum atomic E-state index is 12.5. The number of amides is 2. The quantitative estimate of drug-likeness (QED) is 0.925. The fourth-order valence-electron chi connectivity index (χ4n) is 3.75. The minimum absolute atomic E-state index is 0.0219. The summed E-state index contributed by atoms with van der Waals surface area (Å²) in [7, 11) is 0. The molecule has 23 heavy (non-hydrogen) atoms. The summed E-state index contributed by atoms with van der Waals surface area (Å²) in [4.78, 5) is 27.4. The highest BCUT2D eigenvalue weighted by molar-refractivity contribution is 7.12. The van der Waals surface area contributed by atoms with Crippen LogP contribution in [0.15, 0.2) is 34.3 Å². The third-order valence-electron chi connectivity index (χ3n) is 4.86. The Morgan fingerprint density at radius 1 is 1.26 bits per heavy atom. The van der Waals surface area contributed by atoms with Gasteiger partial charge in [-0.25, -0.2) is 0 Å². The molecule has 1 aliphatic heterocycles. The number of likely N-dealkylation sites (tertiary alicyclic amines) is 1. The fraction of sp³-hybridized carbons (Fsp3) is 0.412. The van der Waals surface area contributed by atoms with Crippen molar-refractivity contribution >= 4 is 34.5 Å². The molecule has 1 saturated carbocycles. The summed E-state index contributed by atoms with van der Waals surface area (Å²) in [5.41, 5.74) is 1.10. The van der Waals surface area contributed by atoms with Crippen molar-refractivity contribution in [2.45, 2.75) is 31.3 Å². The van der Waals surface area contributed by atoms with E-state index in [4.69, 9.17) is 0 Å². The fourth-order valence-corrected chi connectivity index (χ4v) is 5.05. The van der Waals surface area contributed by atoms with Crippen LogP contribution in [0.2, 0.25) is 0 Å². The molecule has 3 atom stereocenters. The molecule has 1 saturated heterocycles. The van der Waals surface area contributed by atoms with Crippen molar-refractivity contribution in [1.82, 2.24) is 10.2 Å². The Balaban J connectivity index is 1.34. The maximum absolute atomic E-state index is 12.5. The van der Waals surface area contributed by atoms with E-state index in [2.05, 4.69) is 5.32 Å². The highest BCUT2D eigenvalue weighted by atomic mass is 32.1. The standard InChI is InChI=1S/C17H18N2O2S2/c20-16(6-11-3-5-22-10-11)19-9-12-7-13(19)8-14(12)18-17(21)15-2-1-4-23-15/h1-5,10,12-14H,6-9H2,(H,18,21)/t12-,13-,14-/m0/s1. The van der Waals surface area contributed by atoms with Gasteiger partial charge in [-0.3, -0.25) is 9.59 Å². The van der Waals surface area contributed by atoms with Gasteiger partial charge < -0.3 is 10.2 Å². The molecular weight excluding hydrogens is 328 g/mol. The number of fused-ring (bicyclic) bond motifs is 2. The van der Waals surface area contributed by atoms with Crippen molar-refractivity contribution in [3.8, 4) is 0 Å². The van der Waals surface area contributed by atoms with Gasteiger partial charge in [0.05, 0.1) is 11.3 Å². The molecule has 2 aromatic heterocycles. The van der Waals surface area contributed by atoms with Gasteiger partial charge >= 0.3 is 0 Å². The SMILES string of the molecule is O=C(N[C@H]1C[C@@H]2C[C@H]1CN2C(=O)Cc1ccsc1)c1cccs1. The van der Waals surface area contributed by atoms with Gasteiger partial charge in [0.15, 0.2) is 0 Å². The zero-order chi connectivity index (χ0) is 15.8. The van der Waals surface area contributed by atoms with Gasteiger partial charge in [-0.15, -0.1) is 11.3 Å². The van der Waals surface area contributed by atoms with E-state index in [1.54, 1.807) is 11.3 Å². The lowest BCUT2D eigenvalue weighted by atomic mass is 10.0. The summed E-state index contributed by atoms with van der Waals surface area (Å²) in [5, 5.41) is 9.12. The molecule has 6 heteroatoms. The minimum Gasteiger partial charge on any atom is -0.348 e. The summed E-state index contributed by atoms with van der Waals surface area (Å²) in [6, 6.07) is 6.26. The average Bonchev–Trinajstić information content (AvgIpc) is 3.31. The van der Waals surface area contributed by atoms with Crippen LogP contribution in [-0.4, -0.2) is 35.3 Å². The Labute approximate surface area is 143 Å². The number of carbonyl (C=O) groups is 2. The molecule has 4 nitrogen and oxygen atoms in total. The Kier molecular flexibility index (Phi) is 3.95. The smallest absolute Gasteiger partial charge is 0.261 e. The number of hydrogen-bond acceptors (Lipinski definition) is 4. The summed E-state index contributed by atoms with van der Waals surface area (Å²) in [5.74, 6) is 0.642. The van der Waals surface area contributed by atoms with Crippen LogP contribution in [0.1, 0.15) is 28.1 Å². The van der Waals surface area contributed by atoms with Gasteiger partial charge in [0.1, 0.15) is 0 Å². The predicted octanol–water partition coefficient (Wildman–Crippen LogP) is 2.77. The number of piperidine rings is 1. The zero-order valence-electron chi connectivity index (χ0n) is 12.6. The molecule has 0 unspecified atom stereocenters. The first-order valence-electron chi connectivity index (χ1n) is 7.85. The van der Waals surface area contributed by atoms with E-state index >= 15 is 0 Å². The van der Waals surface area contributed by atoms with Crippen LogP contribution in [0.4, 0.5) is 0 Å². The van der Waals surface area contributed by atoms with E-state index in [0.29, 0.717) is 18.4 Å². The highest BCUT2D eigenvalue weighted by Gasteiger charge is 2.46. The number of carbonyl (C=O) groups excluding carboxylic acids is 2. The summed E-state index contributed by atoms with van der Waals surface area (Å²) in [6.45, 7) is 0.781. The Hall–Kier alpha value is -1.66. The second kappa shape index (κ2) is 6.09. The first-order valence-corrected chi connectivity index (χ1v) is 9.68. The molecule has 2 bridgehead atoms. The molecule has 0 aromatic carbocycles. The Morgan fingerprint density at radius 3 is 2.83 bits per heavy atom. The summed E-state index contributed by atoms with van der Waals surface area (Å²) >= 11 is 3.09. The lowest BCUT2D eigenvalue weighted by Gasteiger charge is -2.32. The molecule has 2 amide bonds. The predicted molar refractivity (Wildman–Crippen MR) is 91.8 cm³/mol. The van der Waals surface area contributed by atoms with Crippen molar-refractivity contribution in [2.75, 3.05) is 6.54 Å². The third kappa shape index (κ3) is 2.93. The molecule has 1 aliphatic carbocycles. The van der Waals surface area contributed by atoms with Crippen molar-refractivity contribution in [3.05, 3.63) is 44.8 Å². The lowest BCUT2D eigenvalue weighted by Crippen LogP contribution is -2.48. The van der Waals surface area contributed by atoms with Crippen LogP contribution in [0, 0.1) is 5.92 Å². The molecule has 2 fully saturated rings. The van der Waals surface area contributed by atoms with Crippen LogP contribution >= 0.6 is 22.7 Å². The molecular formula is C17H18N2O2S2. The van der Waals surface area contributed by atoms with E-state index in [1.807, 2.05) is 39.2 Å². The molecule has 120 valence electrons. The molecule has 4 rings (SSSR count). The molecule has 0 spiro atoms. The van der Waals surface area contributed by atoms with E-state index in [0.717, 1.165) is 29.8 Å². The van der Waals surface area contributed by atoms with Crippen molar-refractivity contribution < 1.29 is 9.59 Å². The second-order valence-electron chi connectivity index (χ2n) is 6.30.